The average Bonchev–Trinajstić information content (AvgIpc) is 2.38. The van der Waals surface area contributed by atoms with Crippen LogP contribution in [0.4, 0.5) is 4.39 Å². The number of benzene rings is 1. The molecule has 0 aliphatic carbocycles. The van der Waals surface area contributed by atoms with Crippen molar-refractivity contribution >= 4 is 5.97 Å². The summed E-state index contributed by atoms with van der Waals surface area (Å²) < 4.78 is 14.1. The van der Waals surface area contributed by atoms with E-state index >= 15 is 0 Å². The SMILES string of the molecule is CCN(CCCN(C)C)Cc1cccc(C(=O)O)c1F. The van der Waals surface area contributed by atoms with Crippen molar-refractivity contribution in [2.75, 3.05) is 33.7 Å². The van der Waals surface area contributed by atoms with E-state index in [9.17, 15) is 9.18 Å². The smallest absolute Gasteiger partial charge is 0.338 e. The first-order valence-corrected chi connectivity index (χ1v) is 6.83. The minimum absolute atomic E-state index is 0.258. The third-order valence-electron chi connectivity index (χ3n) is 3.23. The van der Waals surface area contributed by atoms with Crippen LogP contribution in [0.1, 0.15) is 29.3 Å². The fraction of sp³-hybridized carbons (Fsp3) is 0.533. The van der Waals surface area contributed by atoms with Crippen molar-refractivity contribution in [3.63, 3.8) is 0 Å². The minimum Gasteiger partial charge on any atom is -0.478 e. The Bertz CT molecular complexity index is 449. The van der Waals surface area contributed by atoms with E-state index in [0.717, 1.165) is 26.1 Å². The summed E-state index contributed by atoms with van der Waals surface area (Å²) in [7, 11) is 4.04. The van der Waals surface area contributed by atoms with Gasteiger partial charge in [-0.1, -0.05) is 19.1 Å². The van der Waals surface area contributed by atoms with Crippen molar-refractivity contribution in [2.24, 2.45) is 0 Å². The van der Waals surface area contributed by atoms with E-state index in [-0.39, 0.29) is 5.56 Å². The van der Waals surface area contributed by atoms with Crippen molar-refractivity contribution in [2.45, 2.75) is 19.9 Å². The highest BCUT2D eigenvalue weighted by molar-refractivity contribution is 5.88. The van der Waals surface area contributed by atoms with E-state index in [2.05, 4.69) is 9.80 Å². The summed E-state index contributed by atoms with van der Waals surface area (Å²) in [5.41, 5.74) is 0.184. The molecule has 1 aromatic rings. The topological polar surface area (TPSA) is 43.8 Å². The Hall–Kier alpha value is -1.46. The van der Waals surface area contributed by atoms with Crippen LogP contribution in [0.2, 0.25) is 0 Å². The molecule has 0 radical (unpaired) electrons. The van der Waals surface area contributed by atoms with Crippen LogP contribution in [0, 0.1) is 5.82 Å². The first-order valence-electron chi connectivity index (χ1n) is 6.83. The third-order valence-corrected chi connectivity index (χ3v) is 3.23. The Labute approximate surface area is 119 Å². The Morgan fingerprint density at radius 1 is 1.30 bits per heavy atom. The zero-order chi connectivity index (χ0) is 15.1. The molecule has 1 aromatic carbocycles. The molecule has 1 rings (SSSR count). The minimum atomic E-state index is -1.22. The summed E-state index contributed by atoms with van der Waals surface area (Å²) in [5.74, 6) is -1.84. The highest BCUT2D eigenvalue weighted by Gasteiger charge is 2.15. The zero-order valence-corrected chi connectivity index (χ0v) is 12.4. The molecule has 20 heavy (non-hydrogen) atoms. The van der Waals surface area contributed by atoms with Gasteiger partial charge in [-0.25, -0.2) is 9.18 Å². The maximum Gasteiger partial charge on any atom is 0.338 e. The van der Waals surface area contributed by atoms with E-state index in [1.807, 2.05) is 21.0 Å². The lowest BCUT2D eigenvalue weighted by atomic mass is 10.1. The number of rotatable bonds is 8. The molecule has 0 fully saturated rings. The molecule has 112 valence electrons. The summed E-state index contributed by atoms with van der Waals surface area (Å²) in [6, 6.07) is 4.54. The van der Waals surface area contributed by atoms with Gasteiger partial charge in [-0.15, -0.1) is 0 Å². The lowest BCUT2D eigenvalue weighted by molar-refractivity contribution is 0.0691. The van der Waals surface area contributed by atoms with Crippen LogP contribution < -0.4 is 0 Å². The number of aromatic carboxylic acids is 1. The second-order valence-electron chi connectivity index (χ2n) is 5.11. The molecule has 0 aliphatic heterocycles. The van der Waals surface area contributed by atoms with Gasteiger partial charge in [0.1, 0.15) is 5.82 Å². The molecule has 0 aliphatic rings. The standard InChI is InChI=1S/C15H23FN2O2/c1-4-18(10-6-9-17(2)3)11-12-7-5-8-13(14(12)16)15(19)20/h5,7-8H,4,6,9-11H2,1-3H3,(H,19,20). The van der Waals surface area contributed by atoms with Crippen LogP contribution >= 0.6 is 0 Å². The van der Waals surface area contributed by atoms with Crippen LogP contribution in [-0.4, -0.2) is 54.6 Å². The van der Waals surface area contributed by atoms with Crippen LogP contribution in [0.15, 0.2) is 18.2 Å². The van der Waals surface area contributed by atoms with Crippen LogP contribution in [0.5, 0.6) is 0 Å². The Morgan fingerprint density at radius 3 is 2.55 bits per heavy atom. The summed E-state index contributed by atoms with van der Waals surface area (Å²) in [6.07, 6.45) is 1.00. The molecule has 0 unspecified atom stereocenters. The fourth-order valence-corrected chi connectivity index (χ4v) is 2.07. The average molecular weight is 282 g/mol. The number of carboxylic acids is 1. The second-order valence-corrected chi connectivity index (χ2v) is 5.11. The van der Waals surface area contributed by atoms with Crippen LogP contribution in [0.25, 0.3) is 0 Å². The maximum absolute atomic E-state index is 14.1. The highest BCUT2D eigenvalue weighted by atomic mass is 19.1. The normalized spacial score (nSPS) is 11.3. The molecule has 0 saturated heterocycles. The van der Waals surface area contributed by atoms with Gasteiger partial charge in [0.25, 0.3) is 0 Å². The largest absolute Gasteiger partial charge is 0.478 e. The van der Waals surface area contributed by atoms with Crippen molar-refractivity contribution in [1.82, 2.24) is 9.80 Å². The first-order chi connectivity index (χ1) is 9.45. The van der Waals surface area contributed by atoms with E-state index in [4.69, 9.17) is 5.11 Å². The van der Waals surface area contributed by atoms with E-state index in [1.165, 1.54) is 6.07 Å². The number of hydrogen-bond donors (Lipinski definition) is 1. The zero-order valence-electron chi connectivity index (χ0n) is 12.4. The summed E-state index contributed by atoms with van der Waals surface area (Å²) in [6.45, 7) is 5.12. The van der Waals surface area contributed by atoms with Crippen LogP contribution in [-0.2, 0) is 6.54 Å². The van der Waals surface area contributed by atoms with Gasteiger partial charge in [0.2, 0.25) is 0 Å². The highest BCUT2D eigenvalue weighted by Crippen LogP contribution is 2.15. The predicted octanol–water partition coefficient (Wildman–Crippen LogP) is 2.30. The van der Waals surface area contributed by atoms with Crippen molar-refractivity contribution < 1.29 is 14.3 Å². The Balaban J connectivity index is 2.70. The molecular weight excluding hydrogens is 259 g/mol. The summed E-state index contributed by atoms with van der Waals surface area (Å²) in [4.78, 5) is 15.1. The molecule has 0 heterocycles. The van der Waals surface area contributed by atoms with Crippen molar-refractivity contribution in [3.05, 3.63) is 35.1 Å². The molecule has 4 nitrogen and oxygen atoms in total. The fourth-order valence-electron chi connectivity index (χ4n) is 2.07. The van der Waals surface area contributed by atoms with Crippen molar-refractivity contribution in [3.8, 4) is 0 Å². The molecular formula is C15H23FN2O2. The van der Waals surface area contributed by atoms with Gasteiger partial charge in [0.05, 0.1) is 5.56 Å². The van der Waals surface area contributed by atoms with E-state index < -0.39 is 11.8 Å². The molecule has 0 atom stereocenters. The lowest BCUT2D eigenvalue weighted by Crippen LogP contribution is -2.27. The van der Waals surface area contributed by atoms with Gasteiger partial charge in [-0.3, -0.25) is 4.90 Å². The predicted molar refractivity (Wildman–Crippen MR) is 77.5 cm³/mol. The number of hydrogen-bond acceptors (Lipinski definition) is 3. The van der Waals surface area contributed by atoms with Gasteiger partial charge < -0.3 is 10.0 Å². The molecule has 0 aromatic heterocycles. The molecule has 0 spiro atoms. The molecule has 0 saturated carbocycles. The van der Waals surface area contributed by atoms with E-state index in [1.54, 1.807) is 12.1 Å². The molecule has 1 N–H and O–H groups in total. The molecule has 0 bridgehead atoms. The number of carboxylic acid groups (broad SMARTS) is 1. The Kier molecular flexibility index (Phi) is 6.61. The maximum atomic E-state index is 14.1. The lowest BCUT2D eigenvalue weighted by Gasteiger charge is -2.22. The van der Waals surface area contributed by atoms with Gasteiger partial charge >= 0.3 is 5.97 Å². The summed E-state index contributed by atoms with van der Waals surface area (Å²) >= 11 is 0. The van der Waals surface area contributed by atoms with Gasteiger partial charge in [-0.05, 0) is 46.2 Å². The number of halogens is 1. The summed E-state index contributed by atoms with van der Waals surface area (Å²) in [5, 5.41) is 8.92. The van der Waals surface area contributed by atoms with Crippen molar-refractivity contribution in [1.29, 1.82) is 0 Å². The van der Waals surface area contributed by atoms with E-state index in [0.29, 0.717) is 12.1 Å². The Morgan fingerprint density at radius 2 is 2.00 bits per heavy atom. The number of carbonyl (C=O) groups is 1. The second kappa shape index (κ2) is 7.97. The van der Waals surface area contributed by atoms with Crippen LogP contribution in [0.3, 0.4) is 0 Å². The monoisotopic (exact) mass is 282 g/mol. The van der Waals surface area contributed by atoms with Gasteiger partial charge in [0, 0.05) is 12.1 Å². The first kappa shape index (κ1) is 16.6. The quantitative estimate of drug-likeness (QED) is 0.794. The van der Waals surface area contributed by atoms with Gasteiger partial charge in [-0.2, -0.15) is 0 Å². The number of nitrogens with zero attached hydrogens (tertiary/aromatic N) is 2. The molecule has 0 amide bonds. The molecule has 5 heteroatoms. The van der Waals surface area contributed by atoms with Gasteiger partial charge in [0.15, 0.2) is 0 Å². The third kappa shape index (κ3) is 4.90.